The number of aromatic nitrogens is 2. The first-order chi connectivity index (χ1) is 14.7. The largest absolute Gasteiger partial charge is 0.351 e. The van der Waals surface area contributed by atoms with E-state index in [1.807, 2.05) is 26.0 Å². The molecule has 164 valence electrons. The van der Waals surface area contributed by atoms with E-state index in [-0.39, 0.29) is 17.3 Å². The summed E-state index contributed by atoms with van der Waals surface area (Å²) in [6.45, 7) is 5.44. The first-order valence-corrected chi connectivity index (χ1v) is 11.7. The van der Waals surface area contributed by atoms with E-state index in [4.69, 9.17) is 0 Å². The van der Waals surface area contributed by atoms with Crippen molar-refractivity contribution in [1.29, 1.82) is 0 Å². The van der Waals surface area contributed by atoms with Gasteiger partial charge in [-0.2, -0.15) is 4.39 Å². The number of benzene rings is 1. The third kappa shape index (κ3) is 4.23. The van der Waals surface area contributed by atoms with Gasteiger partial charge in [0.05, 0.1) is 10.9 Å². The van der Waals surface area contributed by atoms with Crippen molar-refractivity contribution in [3.63, 3.8) is 0 Å². The molecule has 1 unspecified atom stereocenters. The van der Waals surface area contributed by atoms with Crippen LogP contribution in [0.1, 0.15) is 30.9 Å². The zero-order valence-corrected chi connectivity index (χ0v) is 18.4. The standard InChI is InChI=1S/C22H25FN4O3S/c1-13-6-9-17(14(2)11-13)25-21-18(26-31(29,30)15(3)16-7-8-16)12-27(22(28)20(21)23)19-5-4-10-24-19/h4-6,9-12,15-16,24-26H,7-8H2,1-3H3. The third-order valence-corrected chi connectivity index (χ3v) is 7.53. The highest BCUT2D eigenvalue weighted by atomic mass is 32.2. The van der Waals surface area contributed by atoms with Crippen LogP contribution in [0.4, 0.5) is 21.5 Å². The van der Waals surface area contributed by atoms with Gasteiger partial charge in [-0.15, -0.1) is 0 Å². The van der Waals surface area contributed by atoms with E-state index in [0.717, 1.165) is 28.5 Å². The molecule has 2 heterocycles. The summed E-state index contributed by atoms with van der Waals surface area (Å²) in [6, 6.07) is 8.81. The van der Waals surface area contributed by atoms with Gasteiger partial charge in [0.2, 0.25) is 15.8 Å². The van der Waals surface area contributed by atoms with Gasteiger partial charge in [-0.3, -0.25) is 14.1 Å². The summed E-state index contributed by atoms with van der Waals surface area (Å²) >= 11 is 0. The van der Waals surface area contributed by atoms with Gasteiger partial charge in [0.15, 0.2) is 0 Å². The Kier molecular flexibility index (Phi) is 5.38. The van der Waals surface area contributed by atoms with Crippen molar-refractivity contribution in [3.8, 4) is 5.82 Å². The molecule has 0 spiro atoms. The molecule has 0 saturated heterocycles. The molecule has 31 heavy (non-hydrogen) atoms. The third-order valence-electron chi connectivity index (χ3n) is 5.66. The van der Waals surface area contributed by atoms with Crippen LogP contribution < -0.4 is 15.6 Å². The summed E-state index contributed by atoms with van der Waals surface area (Å²) in [5.41, 5.74) is 1.33. The molecule has 1 saturated carbocycles. The van der Waals surface area contributed by atoms with E-state index in [1.54, 1.807) is 31.3 Å². The molecule has 0 radical (unpaired) electrons. The first-order valence-electron chi connectivity index (χ1n) is 10.1. The minimum atomic E-state index is -3.78. The SMILES string of the molecule is Cc1ccc(Nc2c(NS(=O)(=O)C(C)C3CC3)cn(-c3ccc[nH]3)c(=O)c2F)c(C)c1. The molecule has 9 heteroatoms. The smallest absolute Gasteiger partial charge is 0.294 e. The quantitative estimate of drug-likeness (QED) is 0.509. The van der Waals surface area contributed by atoms with Crippen molar-refractivity contribution < 1.29 is 12.8 Å². The topological polar surface area (TPSA) is 96.0 Å². The van der Waals surface area contributed by atoms with Gasteiger partial charge in [0.1, 0.15) is 11.5 Å². The van der Waals surface area contributed by atoms with Crippen LogP contribution in [-0.2, 0) is 10.0 Å². The monoisotopic (exact) mass is 444 g/mol. The summed E-state index contributed by atoms with van der Waals surface area (Å²) in [7, 11) is -3.78. The van der Waals surface area contributed by atoms with Crippen LogP contribution in [0.5, 0.6) is 0 Å². The van der Waals surface area contributed by atoms with E-state index in [0.29, 0.717) is 11.5 Å². The fourth-order valence-electron chi connectivity index (χ4n) is 3.59. The van der Waals surface area contributed by atoms with Crippen molar-refractivity contribution in [1.82, 2.24) is 9.55 Å². The van der Waals surface area contributed by atoms with Gasteiger partial charge < -0.3 is 10.3 Å². The summed E-state index contributed by atoms with van der Waals surface area (Å²) in [5, 5.41) is 2.32. The van der Waals surface area contributed by atoms with Crippen molar-refractivity contribution in [2.45, 2.75) is 38.9 Å². The minimum Gasteiger partial charge on any atom is -0.351 e. The number of nitrogens with one attached hydrogen (secondary N) is 3. The Morgan fingerprint density at radius 3 is 2.55 bits per heavy atom. The lowest BCUT2D eigenvalue weighted by Crippen LogP contribution is -2.30. The Morgan fingerprint density at radius 2 is 1.94 bits per heavy atom. The number of sulfonamides is 1. The zero-order valence-electron chi connectivity index (χ0n) is 17.6. The second kappa shape index (κ2) is 7.88. The average Bonchev–Trinajstić information content (AvgIpc) is 3.42. The molecule has 3 N–H and O–H groups in total. The molecular weight excluding hydrogens is 419 g/mol. The molecule has 1 atom stereocenters. The number of pyridine rings is 1. The number of anilines is 3. The minimum absolute atomic E-state index is 0.0285. The summed E-state index contributed by atoms with van der Waals surface area (Å²) in [6.07, 6.45) is 4.61. The van der Waals surface area contributed by atoms with E-state index in [2.05, 4.69) is 15.0 Å². The number of nitrogens with zero attached hydrogens (tertiary/aromatic N) is 1. The van der Waals surface area contributed by atoms with Crippen LogP contribution in [0.2, 0.25) is 0 Å². The number of H-pyrrole nitrogens is 1. The Morgan fingerprint density at radius 1 is 1.19 bits per heavy atom. The fourth-order valence-corrected chi connectivity index (χ4v) is 5.01. The Balaban J connectivity index is 1.83. The van der Waals surface area contributed by atoms with Crippen molar-refractivity contribution >= 4 is 27.1 Å². The predicted octanol–water partition coefficient (Wildman–Crippen LogP) is 4.21. The number of rotatable bonds is 7. The molecule has 0 aliphatic heterocycles. The van der Waals surface area contributed by atoms with Gasteiger partial charge in [-0.1, -0.05) is 17.7 Å². The maximum atomic E-state index is 15.3. The first kappa shape index (κ1) is 21.2. The van der Waals surface area contributed by atoms with E-state index < -0.39 is 26.6 Å². The summed E-state index contributed by atoms with van der Waals surface area (Å²) < 4.78 is 44.8. The molecule has 4 rings (SSSR count). The molecule has 0 amide bonds. The lowest BCUT2D eigenvalue weighted by atomic mass is 10.1. The number of aryl methyl sites for hydroxylation is 2. The van der Waals surface area contributed by atoms with E-state index >= 15 is 4.39 Å². The van der Waals surface area contributed by atoms with Crippen LogP contribution >= 0.6 is 0 Å². The van der Waals surface area contributed by atoms with E-state index in [1.165, 1.54) is 6.20 Å². The number of hydrogen-bond acceptors (Lipinski definition) is 4. The van der Waals surface area contributed by atoms with Gasteiger partial charge >= 0.3 is 0 Å². The summed E-state index contributed by atoms with van der Waals surface area (Å²) in [4.78, 5) is 15.6. The highest BCUT2D eigenvalue weighted by Crippen LogP contribution is 2.37. The van der Waals surface area contributed by atoms with Crippen LogP contribution in [0, 0.1) is 25.6 Å². The lowest BCUT2D eigenvalue weighted by Gasteiger charge is -2.20. The van der Waals surface area contributed by atoms with Gasteiger partial charge in [0, 0.05) is 18.1 Å². The average molecular weight is 445 g/mol. The Hall–Kier alpha value is -3.07. The second-order valence-electron chi connectivity index (χ2n) is 8.10. The zero-order chi connectivity index (χ0) is 22.3. The molecule has 1 aliphatic carbocycles. The maximum absolute atomic E-state index is 15.3. The maximum Gasteiger partial charge on any atom is 0.294 e. The predicted molar refractivity (Wildman–Crippen MR) is 120 cm³/mol. The Bertz CT molecular complexity index is 1280. The van der Waals surface area contributed by atoms with Crippen LogP contribution in [0.25, 0.3) is 5.82 Å². The van der Waals surface area contributed by atoms with Crippen LogP contribution in [0.15, 0.2) is 47.5 Å². The van der Waals surface area contributed by atoms with Gasteiger partial charge in [-0.05, 0) is 63.3 Å². The molecule has 7 nitrogen and oxygen atoms in total. The van der Waals surface area contributed by atoms with E-state index in [9.17, 15) is 13.2 Å². The molecule has 1 fully saturated rings. The number of halogens is 1. The summed E-state index contributed by atoms with van der Waals surface area (Å²) in [5.74, 6) is -0.654. The normalized spacial score (nSPS) is 15.0. The molecule has 0 bridgehead atoms. The fraction of sp³-hybridized carbons (Fsp3) is 0.318. The van der Waals surface area contributed by atoms with Crippen molar-refractivity contribution in [2.75, 3.05) is 10.0 Å². The molecule has 3 aromatic rings. The number of aromatic amines is 1. The molecule has 1 aliphatic rings. The second-order valence-corrected chi connectivity index (χ2v) is 10.1. The highest BCUT2D eigenvalue weighted by Gasteiger charge is 2.37. The highest BCUT2D eigenvalue weighted by molar-refractivity contribution is 7.93. The van der Waals surface area contributed by atoms with Gasteiger partial charge in [0.25, 0.3) is 5.56 Å². The van der Waals surface area contributed by atoms with Crippen LogP contribution in [-0.4, -0.2) is 23.2 Å². The molecule has 2 aromatic heterocycles. The van der Waals surface area contributed by atoms with Crippen molar-refractivity contribution in [3.05, 3.63) is 70.0 Å². The van der Waals surface area contributed by atoms with Crippen molar-refractivity contribution in [2.24, 2.45) is 5.92 Å². The number of hydrogen-bond donors (Lipinski definition) is 3. The molecular formula is C22H25FN4O3S. The lowest BCUT2D eigenvalue weighted by molar-refractivity contribution is 0.579. The van der Waals surface area contributed by atoms with Gasteiger partial charge in [-0.25, -0.2) is 8.42 Å². The van der Waals surface area contributed by atoms with Crippen LogP contribution in [0.3, 0.4) is 0 Å². The Labute approximate surface area is 180 Å². The molecule has 1 aromatic carbocycles.